The molecule has 0 spiro atoms. The molecule has 0 bridgehead atoms. The lowest BCUT2D eigenvalue weighted by atomic mass is 9.97. The van der Waals surface area contributed by atoms with Gasteiger partial charge in [0, 0.05) is 0 Å². The first kappa shape index (κ1) is 12.3. The smallest absolute Gasteiger partial charge is 0.0583 e. The number of aryl methyl sites for hydroxylation is 2. The second kappa shape index (κ2) is 5.32. The third-order valence-electron chi connectivity index (χ3n) is 2.50. The second-order valence-electron chi connectivity index (χ2n) is 4.98. The molecule has 84 valence electrons. The molecule has 0 amide bonds. The lowest BCUT2D eigenvalue weighted by Crippen LogP contribution is -2.13. The molecule has 1 atom stereocenters. The maximum absolute atomic E-state index is 9.85. The molecule has 0 saturated heterocycles. The molecule has 0 aliphatic heterocycles. The minimum Gasteiger partial charge on any atom is -0.393 e. The summed E-state index contributed by atoms with van der Waals surface area (Å²) in [5, 5.41) is 9.85. The van der Waals surface area contributed by atoms with E-state index in [0.717, 1.165) is 12.8 Å². The largest absolute Gasteiger partial charge is 0.393 e. The zero-order chi connectivity index (χ0) is 11.4. The molecule has 0 aliphatic carbocycles. The van der Waals surface area contributed by atoms with Crippen molar-refractivity contribution in [3.8, 4) is 0 Å². The van der Waals surface area contributed by atoms with Gasteiger partial charge in [0.15, 0.2) is 0 Å². The Labute approximate surface area is 93.1 Å². The van der Waals surface area contributed by atoms with Gasteiger partial charge in [-0.25, -0.2) is 0 Å². The Balaban J connectivity index is 2.63. The normalized spacial score (nSPS) is 13.2. The van der Waals surface area contributed by atoms with E-state index in [2.05, 4.69) is 45.9 Å². The van der Waals surface area contributed by atoms with E-state index in [-0.39, 0.29) is 6.10 Å². The lowest BCUT2D eigenvalue weighted by molar-refractivity contribution is 0.149. The molecule has 1 heteroatoms. The SMILES string of the molecule is Cc1cc(C)cc(CC(O)CC(C)C)c1. The van der Waals surface area contributed by atoms with E-state index in [1.165, 1.54) is 16.7 Å². The van der Waals surface area contributed by atoms with Crippen molar-refractivity contribution in [3.05, 3.63) is 34.9 Å². The van der Waals surface area contributed by atoms with Crippen molar-refractivity contribution in [1.29, 1.82) is 0 Å². The van der Waals surface area contributed by atoms with Gasteiger partial charge in [-0.1, -0.05) is 43.2 Å². The van der Waals surface area contributed by atoms with Crippen molar-refractivity contribution in [2.75, 3.05) is 0 Å². The fraction of sp³-hybridized carbons (Fsp3) is 0.571. The Morgan fingerprint density at radius 2 is 1.60 bits per heavy atom. The Kier molecular flexibility index (Phi) is 4.34. The van der Waals surface area contributed by atoms with E-state index in [0.29, 0.717) is 5.92 Å². The molecular formula is C14H22O. The summed E-state index contributed by atoms with van der Waals surface area (Å²) in [6, 6.07) is 6.49. The molecule has 0 aliphatic rings. The summed E-state index contributed by atoms with van der Waals surface area (Å²) in [4.78, 5) is 0. The van der Waals surface area contributed by atoms with Gasteiger partial charge in [-0.3, -0.25) is 0 Å². The van der Waals surface area contributed by atoms with Gasteiger partial charge in [0.1, 0.15) is 0 Å². The van der Waals surface area contributed by atoms with Crippen molar-refractivity contribution in [1.82, 2.24) is 0 Å². The summed E-state index contributed by atoms with van der Waals surface area (Å²) in [5.41, 5.74) is 3.81. The summed E-state index contributed by atoms with van der Waals surface area (Å²) in [6.07, 6.45) is 1.46. The van der Waals surface area contributed by atoms with Gasteiger partial charge in [-0.2, -0.15) is 0 Å². The second-order valence-corrected chi connectivity index (χ2v) is 4.98. The van der Waals surface area contributed by atoms with Crippen LogP contribution in [0.5, 0.6) is 0 Å². The van der Waals surface area contributed by atoms with Crippen LogP contribution < -0.4 is 0 Å². The number of hydrogen-bond acceptors (Lipinski definition) is 1. The third kappa shape index (κ3) is 4.48. The van der Waals surface area contributed by atoms with Crippen LogP contribution >= 0.6 is 0 Å². The fourth-order valence-electron chi connectivity index (χ4n) is 2.09. The Morgan fingerprint density at radius 3 is 2.07 bits per heavy atom. The highest BCUT2D eigenvalue weighted by Gasteiger charge is 2.08. The molecule has 1 rings (SSSR count). The number of aliphatic hydroxyl groups is 1. The highest BCUT2D eigenvalue weighted by Crippen LogP contribution is 2.14. The first-order valence-corrected chi connectivity index (χ1v) is 5.72. The molecule has 0 heterocycles. The van der Waals surface area contributed by atoms with Crippen LogP contribution in [0, 0.1) is 19.8 Å². The predicted molar refractivity (Wildman–Crippen MR) is 65.1 cm³/mol. The van der Waals surface area contributed by atoms with Crippen LogP contribution in [0.25, 0.3) is 0 Å². The summed E-state index contributed by atoms with van der Waals surface area (Å²) >= 11 is 0. The standard InChI is InChI=1S/C14H22O/c1-10(2)5-14(15)9-13-7-11(3)6-12(4)8-13/h6-8,10,14-15H,5,9H2,1-4H3. The first-order valence-electron chi connectivity index (χ1n) is 5.72. The molecule has 0 radical (unpaired) electrons. The molecule has 1 nitrogen and oxygen atoms in total. The molecule has 1 aromatic rings. The Bertz CT molecular complexity index is 295. The molecule has 0 aromatic heterocycles. The van der Waals surface area contributed by atoms with E-state index >= 15 is 0 Å². The monoisotopic (exact) mass is 206 g/mol. The highest BCUT2D eigenvalue weighted by molar-refractivity contribution is 5.28. The molecule has 0 saturated carbocycles. The van der Waals surface area contributed by atoms with Crippen LogP contribution in [0.15, 0.2) is 18.2 Å². The minimum absolute atomic E-state index is 0.203. The highest BCUT2D eigenvalue weighted by atomic mass is 16.3. The average Bonchev–Trinajstić information content (AvgIpc) is 1.98. The predicted octanol–water partition coefficient (Wildman–Crippen LogP) is 3.25. The van der Waals surface area contributed by atoms with Gasteiger partial charge >= 0.3 is 0 Å². The molecule has 1 aromatic carbocycles. The van der Waals surface area contributed by atoms with Crippen molar-refractivity contribution in [2.24, 2.45) is 5.92 Å². The Morgan fingerprint density at radius 1 is 1.07 bits per heavy atom. The fourth-order valence-corrected chi connectivity index (χ4v) is 2.09. The number of rotatable bonds is 4. The topological polar surface area (TPSA) is 20.2 Å². The summed E-state index contributed by atoms with van der Waals surface area (Å²) in [7, 11) is 0. The van der Waals surface area contributed by atoms with Crippen LogP contribution in [0.4, 0.5) is 0 Å². The first-order chi connectivity index (χ1) is 6.97. The van der Waals surface area contributed by atoms with Gasteiger partial charge in [0.2, 0.25) is 0 Å². The van der Waals surface area contributed by atoms with E-state index in [1.807, 2.05) is 0 Å². The van der Waals surface area contributed by atoms with Gasteiger partial charge in [-0.05, 0) is 38.2 Å². The molecular weight excluding hydrogens is 184 g/mol. The average molecular weight is 206 g/mol. The number of hydrogen-bond donors (Lipinski definition) is 1. The van der Waals surface area contributed by atoms with Crippen molar-refractivity contribution < 1.29 is 5.11 Å². The minimum atomic E-state index is -0.203. The quantitative estimate of drug-likeness (QED) is 0.801. The summed E-state index contributed by atoms with van der Waals surface area (Å²) in [6.45, 7) is 8.49. The van der Waals surface area contributed by atoms with Crippen LogP contribution in [-0.4, -0.2) is 11.2 Å². The van der Waals surface area contributed by atoms with Crippen LogP contribution in [0.1, 0.15) is 37.0 Å². The van der Waals surface area contributed by atoms with E-state index in [9.17, 15) is 5.11 Å². The maximum Gasteiger partial charge on any atom is 0.0583 e. The summed E-state index contributed by atoms with van der Waals surface area (Å²) < 4.78 is 0. The van der Waals surface area contributed by atoms with Gasteiger partial charge < -0.3 is 5.11 Å². The van der Waals surface area contributed by atoms with Crippen LogP contribution in [0.3, 0.4) is 0 Å². The zero-order valence-corrected chi connectivity index (χ0v) is 10.2. The molecule has 1 unspecified atom stereocenters. The number of aliphatic hydroxyl groups excluding tert-OH is 1. The number of benzene rings is 1. The van der Waals surface area contributed by atoms with Crippen molar-refractivity contribution >= 4 is 0 Å². The van der Waals surface area contributed by atoms with Crippen molar-refractivity contribution in [2.45, 2.75) is 46.6 Å². The van der Waals surface area contributed by atoms with Gasteiger partial charge in [0.25, 0.3) is 0 Å². The lowest BCUT2D eigenvalue weighted by Gasteiger charge is -2.13. The molecule has 0 fully saturated rings. The van der Waals surface area contributed by atoms with Crippen LogP contribution in [0.2, 0.25) is 0 Å². The zero-order valence-electron chi connectivity index (χ0n) is 10.2. The maximum atomic E-state index is 9.85. The van der Waals surface area contributed by atoms with Gasteiger partial charge in [-0.15, -0.1) is 0 Å². The van der Waals surface area contributed by atoms with E-state index < -0.39 is 0 Å². The molecule has 15 heavy (non-hydrogen) atoms. The van der Waals surface area contributed by atoms with E-state index in [1.54, 1.807) is 0 Å². The van der Waals surface area contributed by atoms with Crippen molar-refractivity contribution in [3.63, 3.8) is 0 Å². The summed E-state index contributed by atoms with van der Waals surface area (Å²) in [5.74, 6) is 0.561. The van der Waals surface area contributed by atoms with Crippen LogP contribution in [-0.2, 0) is 6.42 Å². The molecule has 1 N–H and O–H groups in total. The van der Waals surface area contributed by atoms with Gasteiger partial charge in [0.05, 0.1) is 6.10 Å². The third-order valence-corrected chi connectivity index (χ3v) is 2.50. The van der Waals surface area contributed by atoms with E-state index in [4.69, 9.17) is 0 Å². The Hall–Kier alpha value is -0.820.